The van der Waals surface area contributed by atoms with Crippen LogP contribution in [0, 0.1) is 0 Å². The molecular weight excluding hydrogens is 396 g/mol. The number of fused-ring (bicyclic) bond motifs is 1. The molecule has 0 saturated carbocycles. The second-order valence-corrected chi connectivity index (χ2v) is 6.46. The average molecular weight is 413 g/mol. The van der Waals surface area contributed by atoms with Gasteiger partial charge >= 0.3 is 0 Å². The van der Waals surface area contributed by atoms with Crippen LogP contribution in [0.1, 0.15) is 0 Å². The average Bonchev–Trinajstić information content (AvgIpc) is 2.66. The molecule has 0 aromatic heterocycles. The number of rotatable bonds is 6. The molecule has 0 spiro atoms. The lowest BCUT2D eigenvalue weighted by molar-refractivity contribution is -0.125. The van der Waals surface area contributed by atoms with Gasteiger partial charge < -0.3 is 15.4 Å². The third-order valence-corrected chi connectivity index (χ3v) is 4.38. The van der Waals surface area contributed by atoms with Gasteiger partial charge in [0.1, 0.15) is 5.75 Å². The first-order valence-electron chi connectivity index (χ1n) is 8.04. The zero-order valence-electron chi connectivity index (χ0n) is 13.9. The predicted molar refractivity (Wildman–Crippen MR) is 105 cm³/mol. The Balaban J connectivity index is 1.46. The quantitative estimate of drug-likeness (QED) is 0.647. The van der Waals surface area contributed by atoms with E-state index in [9.17, 15) is 9.59 Å². The van der Waals surface area contributed by atoms with E-state index in [4.69, 9.17) is 4.74 Å². The summed E-state index contributed by atoms with van der Waals surface area (Å²) in [6, 6.07) is 20.8. The summed E-state index contributed by atoms with van der Waals surface area (Å²) in [5, 5.41) is 7.40. The molecule has 0 saturated heterocycles. The molecule has 0 aliphatic rings. The third-order valence-electron chi connectivity index (χ3n) is 3.68. The van der Waals surface area contributed by atoms with Crippen LogP contribution in [0.4, 0.5) is 5.69 Å². The van der Waals surface area contributed by atoms with Crippen molar-refractivity contribution in [3.63, 3.8) is 0 Å². The van der Waals surface area contributed by atoms with Crippen molar-refractivity contribution in [2.45, 2.75) is 0 Å². The number of carbonyl (C=O) groups is 2. The fraction of sp³-hybridized carbons (Fsp3) is 0.100. The van der Waals surface area contributed by atoms with Gasteiger partial charge in [-0.3, -0.25) is 9.59 Å². The maximum Gasteiger partial charge on any atom is 0.258 e. The molecule has 0 aliphatic carbocycles. The summed E-state index contributed by atoms with van der Waals surface area (Å²) >= 11 is 3.35. The van der Waals surface area contributed by atoms with Crippen LogP contribution in [-0.2, 0) is 9.59 Å². The first kappa shape index (κ1) is 17.9. The van der Waals surface area contributed by atoms with Crippen molar-refractivity contribution >= 4 is 44.2 Å². The second-order valence-electron chi connectivity index (χ2n) is 5.60. The Kier molecular flexibility index (Phi) is 5.86. The lowest BCUT2D eigenvalue weighted by Gasteiger charge is -2.09. The second kappa shape index (κ2) is 8.49. The summed E-state index contributed by atoms with van der Waals surface area (Å²) in [4.78, 5) is 23.8. The summed E-state index contributed by atoms with van der Waals surface area (Å²) in [5.74, 6) is -0.0621. The van der Waals surface area contributed by atoms with Gasteiger partial charge in [-0.25, -0.2) is 0 Å². The van der Waals surface area contributed by atoms with Crippen molar-refractivity contribution in [1.29, 1.82) is 0 Å². The van der Waals surface area contributed by atoms with Gasteiger partial charge in [0, 0.05) is 4.47 Å². The molecular formula is C20H17BrN2O3. The highest BCUT2D eigenvalue weighted by Crippen LogP contribution is 2.21. The Labute approximate surface area is 159 Å². The minimum Gasteiger partial charge on any atom is -0.484 e. The first-order valence-corrected chi connectivity index (χ1v) is 8.84. The summed E-state index contributed by atoms with van der Waals surface area (Å²) in [7, 11) is 0. The van der Waals surface area contributed by atoms with Gasteiger partial charge in [-0.15, -0.1) is 0 Å². The highest BCUT2D eigenvalue weighted by molar-refractivity contribution is 9.10. The summed E-state index contributed by atoms with van der Waals surface area (Å²) < 4.78 is 6.27. The summed E-state index contributed by atoms with van der Waals surface area (Å²) in [5.41, 5.74) is 0.652. The monoisotopic (exact) mass is 412 g/mol. The van der Waals surface area contributed by atoms with Crippen LogP contribution in [0.5, 0.6) is 5.75 Å². The van der Waals surface area contributed by atoms with Crippen molar-refractivity contribution in [2.75, 3.05) is 18.5 Å². The molecule has 0 bridgehead atoms. The number of ether oxygens (including phenoxy) is 1. The Hall–Kier alpha value is -2.86. The standard InChI is InChI=1S/C20H17BrN2O3/c21-17-7-3-4-8-18(17)23-19(24)12-22-20(25)13-26-16-10-9-14-5-1-2-6-15(14)11-16/h1-11H,12-13H2,(H,22,25)(H,23,24). The topological polar surface area (TPSA) is 67.4 Å². The van der Waals surface area contributed by atoms with Gasteiger partial charge in [-0.1, -0.05) is 42.5 Å². The molecule has 3 rings (SSSR count). The number of hydrogen-bond acceptors (Lipinski definition) is 3. The number of nitrogens with one attached hydrogen (secondary N) is 2. The van der Waals surface area contributed by atoms with Crippen LogP contribution in [0.3, 0.4) is 0 Å². The van der Waals surface area contributed by atoms with E-state index in [1.165, 1.54) is 0 Å². The highest BCUT2D eigenvalue weighted by atomic mass is 79.9. The van der Waals surface area contributed by atoms with Crippen molar-refractivity contribution < 1.29 is 14.3 Å². The third kappa shape index (κ3) is 4.83. The number of para-hydroxylation sites is 1. The van der Waals surface area contributed by atoms with Crippen LogP contribution in [0.25, 0.3) is 10.8 Å². The van der Waals surface area contributed by atoms with E-state index < -0.39 is 0 Å². The van der Waals surface area contributed by atoms with Gasteiger partial charge in [-0.2, -0.15) is 0 Å². The molecule has 0 fully saturated rings. The zero-order valence-corrected chi connectivity index (χ0v) is 15.5. The van der Waals surface area contributed by atoms with Crippen LogP contribution in [-0.4, -0.2) is 25.0 Å². The molecule has 3 aromatic carbocycles. The molecule has 3 aromatic rings. The van der Waals surface area contributed by atoms with Gasteiger partial charge in [0.05, 0.1) is 12.2 Å². The fourth-order valence-electron chi connectivity index (χ4n) is 2.39. The SMILES string of the molecule is O=C(COc1ccc2ccccc2c1)NCC(=O)Nc1ccccc1Br. The maximum atomic E-state index is 11.9. The van der Waals surface area contributed by atoms with Gasteiger partial charge in [0.2, 0.25) is 5.91 Å². The molecule has 0 atom stereocenters. The van der Waals surface area contributed by atoms with Crippen LogP contribution < -0.4 is 15.4 Å². The van der Waals surface area contributed by atoms with Crippen molar-refractivity contribution in [2.24, 2.45) is 0 Å². The van der Waals surface area contributed by atoms with E-state index in [1.54, 1.807) is 6.07 Å². The number of benzene rings is 3. The fourth-order valence-corrected chi connectivity index (χ4v) is 2.78. The van der Waals surface area contributed by atoms with E-state index in [2.05, 4.69) is 26.6 Å². The molecule has 26 heavy (non-hydrogen) atoms. The minimum absolute atomic E-state index is 0.124. The predicted octanol–water partition coefficient (Wildman–Crippen LogP) is 3.74. The van der Waals surface area contributed by atoms with Gasteiger partial charge in [0.15, 0.2) is 6.61 Å². The van der Waals surface area contributed by atoms with E-state index in [0.29, 0.717) is 11.4 Å². The van der Waals surface area contributed by atoms with Crippen LogP contribution >= 0.6 is 15.9 Å². The Morgan fingerprint density at radius 2 is 1.62 bits per heavy atom. The minimum atomic E-state index is -0.361. The molecule has 6 heteroatoms. The number of carbonyl (C=O) groups excluding carboxylic acids is 2. The molecule has 2 N–H and O–H groups in total. The number of halogens is 1. The number of anilines is 1. The van der Waals surface area contributed by atoms with Crippen molar-refractivity contribution in [3.05, 3.63) is 71.2 Å². The van der Waals surface area contributed by atoms with E-state index in [-0.39, 0.29) is 25.0 Å². The molecule has 132 valence electrons. The van der Waals surface area contributed by atoms with E-state index in [0.717, 1.165) is 15.2 Å². The number of hydrogen-bond donors (Lipinski definition) is 2. The largest absolute Gasteiger partial charge is 0.484 e. The Morgan fingerprint density at radius 1 is 0.885 bits per heavy atom. The first-order chi connectivity index (χ1) is 12.6. The van der Waals surface area contributed by atoms with E-state index >= 15 is 0 Å². The summed E-state index contributed by atoms with van der Waals surface area (Å²) in [6.07, 6.45) is 0. The number of amides is 2. The lowest BCUT2D eigenvalue weighted by atomic mass is 10.1. The van der Waals surface area contributed by atoms with Gasteiger partial charge in [-0.05, 0) is 51.0 Å². The van der Waals surface area contributed by atoms with Crippen LogP contribution in [0.2, 0.25) is 0 Å². The molecule has 2 amide bonds. The molecule has 0 unspecified atom stereocenters. The molecule has 0 aliphatic heterocycles. The zero-order chi connectivity index (χ0) is 18.4. The Morgan fingerprint density at radius 3 is 2.42 bits per heavy atom. The smallest absolute Gasteiger partial charge is 0.258 e. The summed E-state index contributed by atoms with van der Waals surface area (Å²) in [6.45, 7) is -0.276. The van der Waals surface area contributed by atoms with E-state index in [1.807, 2.05) is 60.7 Å². The normalized spacial score (nSPS) is 10.3. The molecule has 0 radical (unpaired) electrons. The maximum absolute atomic E-state index is 11.9. The van der Waals surface area contributed by atoms with Gasteiger partial charge in [0.25, 0.3) is 5.91 Å². The van der Waals surface area contributed by atoms with Crippen LogP contribution in [0.15, 0.2) is 71.2 Å². The van der Waals surface area contributed by atoms with Crippen molar-refractivity contribution in [1.82, 2.24) is 5.32 Å². The molecule has 0 heterocycles. The lowest BCUT2D eigenvalue weighted by Crippen LogP contribution is -2.35. The molecule has 5 nitrogen and oxygen atoms in total. The Bertz CT molecular complexity index is 943. The van der Waals surface area contributed by atoms with Crippen molar-refractivity contribution in [3.8, 4) is 5.75 Å². The highest BCUT2D eigenvalue weighted by Gasteiger charge is 2.08.